The van der Waals surface area contributed by atoms with Crippen LogP contribution in [0, 0.1) is 0 Å². The molecule has 0 aliphatic carbocycles. The number of nitrogens with zero attached hydrogens (tertiary/aromatic N) is 2. The van der Waals surface area contributed by atoms with E-state index in [0.29, 0.717) is 6.54 Å². The third-order valence-electron chi connectivity index (χ3n) is 3.03. The Hall–Kier alpha value is -0.770. The number of piperidine rings is 1. The maximum absolute atomic E-state index is 12.1. The predicted octanol–water partition coefficient (Wildman–Crippen LogP) is 1.26. The van der Waals surface area contributed by atoms with Crippen molar-refractivity contribution in [2.24, 2.45) is 5.73 Å². The molecule has 4 heteroatoms. The summed E-state index contributed by atoms with van der Waals surface area (Å²) in [5.74, 6) is 0. The van der Waals surface area contributed by atoms with Crippen LogP contribution < -0.4 is 5.73 Å². The molecule has 0 aromatic heterocycles. The first-order valence-corrected chi connectivity index (χ1v) is 5.92. The number of likely N-dealkylation sites (tertiary alicyclic amines) is 1. The van der Waals surface area contributed by atoms with Gasteiger partial charge in [-0.15, -0.1) is 0 Å². The smallest absolute Gasteiger partial charge is 0.320 e. The zero-order valence-corrected chi connectivity index (χ0v) is 9.91. The molecular formula is C11H23N3O. The molecule has 1 aliphatic heterocycles. The Morgan fingerprint density at radius 1 is 1.53 bits per heavy atom. The van der Waals surface area contributed by atoms with E-state index in [4.69, 9.17) is 5.73 Å². The van der Waals surface area contributed by atoms with Gasteiger partial charge in [-0.1, -0.05) is 6.92 Å². The van der Waals surface area contributed by atoms with Crippen LogP contribution in [-0.4, -0.2) is 48.6 Å². The highest BCUT2D eigenvalue weighted by Crippen LogP contribution is 2.17. The molecule has 1 rings (SSSR count). The quantitative estimate of drug-likeness (QED) is 0.767. The molecular weight excluding hydrogens is 190 g/mol. The summed E-state index contributed by atoms with van der Waals surface area (Å²) >= 11 is 0. The van der Waals surface area contributed by atoms with Gasteiger partial charge in [-0.3, -0.25) is 0 Å². The first kappa shape index (κ1) is 12.3. The normalized spacial score (nSPS) is 21.5. The van der Waals surface area contributed by atoms with Crippen LogP contribution in [-0.2, 0) is 0 Å². The van der Waals surface area contributed by atoms with E-state index in [1.807, 2.05) is 11.9 Å². The SMILES string of the molecule is CCCN(C)C(=O)N1CCCCC1CN. The molecule has 2 N–H and O–H groups in total. The molecule has 1 fully saturated rings. The first-order valence-electron chi connectivity index (χ1n) is 5.92. The van der Waals surface area contributed by atoms with Crippen molar-refractivity contribution in [1.82, 2.24) is 9.80 Å². The third-order valence-corrected chi connectivity index (χ3v) is 3.03. The molecule has 88 valence electrons. The second-order valence-corrected chi connectivity index (χ2v) is 4.28. The van der Waals surface area contributed by atoms with E-state index in [2.05, 4.69) is 6.92 Å². The minimum Gasteiger partial charge on any atom is -0.328 e. The summed E-state index contributed by atoms with van der Waals surface area (Å²) in [5.41, 5.74) is 5.69. The fraction of sp³-hybridized carbons (Fsp3) is 0.909. The molecule has 0 spiro atoms. The molecule has 1 aliphatic rings. The molecule has 0 aromatic carbocycles. The highest BCUT2D eigenvalue weighted by molar-refractivity contribution is 5.74. The lowest BCUT2D eigenvalue weighted by Gasteiger charge is -2.37. The van der Waals surface area contributed by atoms with Gasteiger partial charge in [0, 0.05) is 32.7 Å². The zero-order valence-electron chi connectivity index (χ0n) is 9.91. The number of rotatable bonds is 3. The lowest BCUT2D eigenvalue weighted by atomic mass is 10.0. The van der Waals surface area contributed by atoms with E-state index >= 15 is 0 Å². The van der Waals surface area contributed by atoms with Gasteiger partial charge >= 0.3 is 6.03 Å². The monoisotopic (exact) mass is 213 g/mol. The van der Waals surface area contributed by atoms with Gasteiger partial charge in [-0.05, 0) is 25.7 Å². The number of carbonyl (C=O) groups is 1. The van der Waals surface area contributed by atoms with Gasteiger partial charge in [0.15, 0.2) is 0 Å². The Labute approximate surface area is 92.4 Å². The van der Waals surface area contributed by atoms with Gasteiger partial charge in [0.1, 0.15) is 0 Å². The fourth-order valence-electron chi connectivity index (χ4n) is 2.15. The lowest BCUT2D eigenvalue weighted by molar-refractivity contribution is 0.125. The summed E-state index contributed by atoms with van der Waals surface area (Å²) in [6.45, 7) is 4.37. The Morgan fingerprint density at radius 3 is 2.87 bits per heavy atom. The molecule has 1 saturated heterocycles. The summed E-state index contributed by atoms with van der Waals surface area (Å²) in [6, 6.07) is 0.401. The molecule has 0 saturated carbocycles. The van der Waals surface area contributed by atoms with E-state index in [9.17, 15) is 4.79 Å². The van der Waals surface area contributed by atoms with Gasteiger partial charge in [0.2, 0.25) is 0 Å². The third kappa shape index (κ3) is 3.09. The number of urea groups is 1. The molecule has 0 radical (unpaired) electrons. The van der Waals surface area contributed by atoms with Crippen LogP contribution in [0.25, 0.3) is 0 Å². The summed E-state index contributed by atoms with van der Waals surface area (Å²) in [5, 5.41) is 0. The average Bonchev–Trinajstić information content (AvgIpc) is 2.28. The van der Waals surface area contributed by atoms with Gasteiger partial charge in [0.05, 0.1) is 0 Å². The minimum atomic E-state index is 0.145. The number of hydrogen-bond donors (Lipinski definition) is 1. The summed E-state index contributed by atoms with van der Waals surface area (Å²) < 4.78 is 0. The van der Waals surface area contributed by atoms with Crippen molar-refractivity contribution in [3.8, 4) is 0 Å². The fourth-order valence-corrected chi connectivity index (χ4v) is 2.15. The van der Waals surface area contributed by atoms with Crippen molar-refractivity contribution in [2.45, 2.75) is 38.6 Å². The van der Waals surface area contributed by atoms with Crippen LogP contribution in [0.2, 0.25) is 0 Å². The predicted molar refractivity (Wildman–Crippen MR) is 61.7 cm³/mol. The van der Waals surface area contributed by atoms with E-state index in [1.165, 1.54) is 6.42 Å². The lowest BCUT2D eigenvalue weighted by Crippen LogP contribution is -2.51. The molecule has 1 heterocycles. The second-order valence-electron chi connectivity index (χ2n) is 4.28. The number of nitrogens with two attached hydrogens (primary N) is 1. The van der Waals surface area contributed by atoms with Crippen molar-refractivity contribution in [3.63, 3.8) is 0 Å². The van der Waals surface area contributed by atoms with Crippen LogP contribution >= 0.6 is 0 Å². The van der Waals surface area contributed by atoms with Crippen molar-refractivity contribution >= 4 is 6.03 Å². The Bertz CT molecular complexity index is 208. The highest BCUT2D eigenvalue weighted by Gasteiger charge is 2.27. The Kier molecular flexibility index (Phi) is 4.88. The van der Waals surface area contributed by atoms with Crippen LogP contribution in [0.1, 0.15) is 32.6 Å². The van der Waals surface area contributed by atoms with Crippen molar-refractivity contribution in [2.75, 3.05) is 26.7 Å². The van der Waals surface area contributed by atoms with Crippen LogP contribution in [0.4, 0.5) is 4.79 Å². The summed E-state index contributed by atoms with van der Waals surface area (Å²) in [6.07, 6.45) is 4.37. The largest absolute Gasteiger partial charge is 0.328 e. The van der Waals surface area contributed by atoms with E-state index in [1.54, 1.807) is 4.90 Å². The van der Waals surface area contributed by atoms with Gasteiger partial charge < -0.3 is 15.5 Å². The van der Waals surface area contributed by atoms with Gasteiger partial charge in [0.25, 0.3) is 0 Å². The van der Waals surface area contributed by atoms with Crippen LogP contribution in [0.15, 0.2) is 0 Å². The van der Waals surface area contributed by atoms with Gasteiger partial charge in [-0.2, -0.15) is 0 Å². The standard InChI is InChI=1S/C11H23N3O/c1-3-7-13(2)11(15)14-8-5-4-6-10(14)9-12/h10H,3-9,12H2,1-2H3. The number of hydrogen-bond acceptors (Lipinski definition) is 2. The van der Waals surface area contributed by atoms with Crippen molar-refractivity contribution in [1.29, 1.82) is 0 Å². The van der Waals surface area contributed by atoms with E-state index in [0.717, 1.165) is 32.4 Å². The van der Waals surface area contributed by atoms with Crippen LogP contribution in [0.5, 0.6) is 0 Å². The van der Waals surface area contributed by atoms with Crippen molar-refractivity contribution < 1.29 is 4.79 Å². The Balaban J connectivity index is 2.55. The van der Waals surface area contributed by atoms with Crippen molar-refractivity contribution in [3.05, 3.63) is 0 Å². The summed E-state index contributed by atoms with van der Waals surface area (Å²) in [4.78, 5) is 15.8. The maximum Gasteiger partial charge on any atom is 0.320 e. The summed E-state index contributed by atoms with van der Waals surface area (Å²) in [7, 11) is 1.87. The van der Waals surface area contributed by atoms with E-state index in [-0.39, 0.29) is 12.1 Å². The Morgan fingerprint density at radius 2 is 2.27 bits per heavy atom. The zero-order chi connectivity index (χ0) is 11.3. The topological polar surface area (TPSA) is 49.6 Å². The minimum absolute atomic E-state index is 0.145. The highest BCUT2D eigenvalue weighted by atomic mass is 16.2. The maximum atomic E-state index is 12.1. The molecule has 1 unspecified atom stereocenters. The molecule has 0 aromatic rings. The number of amides is 2. The molecule has 4 nitrogen and oxygen atoms in total. The average molecular weight is 213 g/mol. The van der Waals surface area contributed by atoms with E-state index < -0.39 is 0 Å². The molecule has 0 bridgehead atoms. The molecule has 15 heavy (non-hydrogen) atoms. The second kappa shape index (κ2) is 5.95. The molecule has 2 amide bonds. The first-order chi connectivity index (χ1) is 7.20. The number of carbonyl (C=O) groups excluding carboxylic acids is 1. The molecule has 1 atom stereocenters. The van der Waals surface area contributed by atoms with Crippen LogP contribution in [0.3, 0.4) is 0 Å². The van der Waals surface area contributed by atoms with Gasteiger partial charge in [-0.25, -0.2) is 4.79 Å².